The maximum Gasteiger partial charge on any atom is 0.277 e. The first-order chi connectivity index (χ1) is 14.4. The Morgan fingerprint density at radius 3 is 2.47 bits per heavy atom. The molecule has 0 bridgehead atoms. The van der Waals surface area contributed by atoms with Crippen LogP contribution in [-0.4, -0.2) is 30.4 Å². The Balaban J connectivity index is 1.62. The predicted molar refractivity (Wildman–Crippen MR) is 119 cm³/mol. The molecule has 0 saturated carbocycles. The number of hydrogen-bond donors (Lipinski definition) is 1. The summed E-state index contributed by atoms with van der Waals surface area (Å²) in [6.45, 7) is 3.77. The quantitative estimate of drug-likeness (QED) is 0.413. The van der Waals surface area contributed by atoms with Crippen LogP contribution >= 0.6 is 23.2 Å². The Hall–Kier alpha value is -2.96. The molecule has 0 atom stereocenters. The molecular formula is C22H21Cl2N3O3. The highest BCUT2D eigenvalue weighted by molar-refractivity contribution is 6.35. The molecule has 0 radical (unpaired) electrons. The number of nitrogens with one attached hydrogen (secondary N) is 1. The van der Waals surface area contributed by atoms with E-state index in [1.807, 2.05) is 30.5 Å². The molecule has 0 saturated heterocycles. The molecule has 0 aliphatic heterocycles. The van der Waals surface area contributed by atoms with Gasteiger partial charge >= 0.3 is 0 Å². The van der Waals surface area contributed by atoms with Crippen molar-refractivity contribution in [3.05, 3.63) is 75.5 Å². The summed E-state index contributed by atoms with van der Waals surface area (Å²) in [5.41, 5.74) is 6.06. The second-order valence-electron chi connectivity index (χ2n) is 6.51. The van der Waals surface area contributed by atoms with Crippen molar-refractivity contribution in [3.63, 3.8) is 0 Å². The van der Waals surface area contributed by atoms with Gasteiger partial charge in [0.15, 0.2) is 6.61 Å². The Labute approximate surface area is 185 Å². The highest BCUT2D eigenvalue weighted by Gasteiger charge is 2.12. The fraction of sp³-hybridized carbons (Fsp3) is 0.182. The third kappa shape index (κ3) is 5.14. The van der Waals surface area contributed by atoms with Gasteiger partial charge < -0.3 is 14.0 Å². The molecule has 6 nitrogen and oxygen atoms in total. The molecule has 1 N–H and O–H groups in total. The Kier molecular flexibility index (Phi) is 7.03. The lowest BCUT2D eigenvalue weighted by Crippen LogP contribution is -2.24. The van der Waals surface area contributed by atoms with Gasteiger partial charge in [0.1, 0.15) is 11.5 Å². The van der Waals surface area contributed by atoms with Crippen LogP contribution in [0.3, 0.4) is 0 Å². The van der Waals surface area contributed by atoms with Crippen LogP contribution in [0, 0.1) is 13.8 Å². The first kappa shape index (κ1) is 21.7. The van der Waals surface area contributed by atoms with Crippen LogP contribution in [0.1, 0.15) is 17.0 Å². The molecule has 3 aromatic rings. The summed E-state index contributed by atoms with van der Waals surface area (Å²) in [5, 5.41) is 5.16. The number of rotatable bonds is 7. The summed E-state index contributed by atoms with van der Waals surface area (Å²) in [4.78, 5) is 12.0. The van der Waals surface area contributed by atoms with E-state index in [-0.39, 0.29) is 12.5 Å². The van der Waals surface area contributed by atoms with Gasteiger partial charge in [-0.3, -0.25) is 4.79 Å². The lowest BCUT2D eigenvalue weighted by Gasteiger charge is -2.11. The molecule has 0 aliphatic rings. The number of halogens is 2. The average molecular weight is 446 g/mol. The van der Waals surface area contributed by atoms with Gasteiger partial charge in [0.05, 0.1) is 24.0 Å². The van der Waals surface area contributed by atoms with E-state index in [1.165, 1.54) is 0 Å². The van der Waals surface area contributed by atoms with Gasteiger partial charge in [0, 0.05) is 22.0 Å². The molecular weight excluding hydrogens is 425 g/mol. The Morgan fingerprint density at radius 2 is 1.80 bits per heavy atom. The highest BCUT2D eigenvalue weighted by atomic mass is 35.5. The van der Waals surface area contributed by atoms with Gasteiger partial charge in [0.2, 0.25) is 0 Å². The van der Waals surface area contributed by atoms with Crippen molar-refractivity contribution in [1.82, 2.24) is 9.99 Å². The summed E-state index contributed by atoms with van der Waals surface area (Å²) in [5.74, 6) is 0.920. The highest BCUT2D eigenvalue weighted by Crippen LogP contribution is 2.28. The SMILES string of the molecule is COc1ccc(OCC(=O)N/N=C/c2cc(C)n(-c3ccc(Cl)cc3Cl)c2C)cc1. The van der Waals surface area contributed by atoms with Crippen LogP contribution in [0.15, 0.2) is 53.6 Å². The number of carbonyl (C=O) groups excluding carboxylic acids is 1. The molecule has 1 aromatic heterocycles. The molecule has 1 amide bonds. The summed E-state index contributed by atoms with van der Waals surface area (Å²) < 4.78 is 12.5. The van der Waals surface area contributed by atoms with Crippen molar-refractivity contribution in [2.45, 2.75) is 13.8 Å². The Bertz CT molecular complexity index is 1080. The van der Waals surface area contributed by atoms with E-state index in [1.54, 1.807) is 49.7 Å². The van der Waals surface area contributed by atoms with Crippen LogP contribution in [0.4, 0.5) is 0 Å². The van der Waals surface area contributed by atoms with Crippen molar-refractivity contribution in [3.8, 4) is 17.2 Å². The number of benzene rings is 2. The van der Waals surface area contributed by atoms with Crippen molar-refractivity contribution < 1.29 is 14.3 Å². The minimum absolute atomic E-state index is 0.150. The molecule has 8 heteroatoms. The minimum Gasteiger partial charge on any atom is -0.497 e. The fourth-order valence-electron chi connectivity index (χ4n) is 2.98. The zero-order chi connectivity index (χ0) is 21.7. The smallest absolute Gasteiger partial charge is 0.277 e. The van der Waals surface area contributed by atoms with E-state index >= 15 is 0 Å². The van der Waals surface area contributed by atoms with Crippen molar-refractivity contribution in [2.24, 2.45) is 5.10 Å². The monoisotopic (exact) mass is 445 g/mol. The molecule has 0 aliphatic carbocycles. The zero-order valence-electron chi connectivity index (χ0n) is 16.8. The molecule has 3 rings (SSSR count). The van der Waals surface area contributed by atoms with Crippen LogP contribution in [0.2, 0.25) is 10.0 Å². The van der Waals surface area contributed by atoms with Gasteiger partial charge in [0.25, 0.3) is 5.91 Å². The van der Waals surface area contributed by atoms with Crippen molar-refractivity contribution in [2.75, 3.05) is 13.7 Å². The number of ether oxygens (including phenoxy) is 2. The average Bonchev–Trinajstić information content (AvgIpc) is 3.00. The van der Waals surface area contributed by atoms with Crippen LogP contribution in [-0.2, 0) is 4.79 Å². The number of nitrogens with zero attached hydrogens (tertiary/aromatic N) is 2. The third-order valence-corrected chi connectivity index (χ3v) is 4.98. The minimum atomic E-state index is -0.364. The molecule has 2 aromatic carbocycles. The van der Waals surface area contributed by atoms with E-state index in [0.29, 0.717) is 21.5 Å². The van der Waals surface area contributed by atoms with Gasteiger partial charge in [-0.1, -0.05) is 23.2 Å². The summed E-state index contributed by atoms with van der Waals surface area (Å²) in [6.07, 6.45) is 1.59. The topological polar surface area (TPSA) is 64.8 Å². The third-order valence-electron chi connectivity index (χ3n) is 4.44. The van der Waals surface area contributed by atoms with Gasteiger partial charge in [-0.05, 0) is 62.4 Å². The van der Waals surface area contributed by atoms with Crippen molar-refractivity contribution in [1.29, 1.82) is 0 Å². The first-order valence-corrected chi connectivity index (χ1v) is 9.87. The maximum absolute atomic E-state index is 12.0. The van der Waals surface area contributed by atoms with E-state index in [0.717, 1.165) is 22.6 Å². The van der Waals surface area contributed by atoms with Gasteiger partial charge in [-0.15, -0.1) is 0 Å². The number of hydrogen-bond acceptors (Lipinski definition) is 4. The molecule has 0 fully saturated rings. The van der Waals surface area contributed by atoms with E-state index in [4.69, 9.17) is 32.7 Å². The van der Waals surface area contributed by atoms with Gasteiger partial charge in [-0.25, -0.2) is 5.43 Å². The van der Waals surface area contributed by atoms with Crippen molar-refractivity contribution >= 4 is 35.3 Å². The standard InChI is InChI=1S/C22H21Cl2N3O3/c1-14-10-16(15(2)27(14)21-9-4-17(23)11-20(21)24)12-25-26-22(28)13-30-19-7-5-18(29-3)6-8-19/h4-12H,13H2,1-3H3,(H,26,28)/b25-12+. The Morgan fingerprint density at radius 1 is 1.10 bits per heavy atom. The summed E-state index contributed by atoms with van der Waals surface area (Å²) in [6, 6.07) is 14.3. The number of carbonyl (C=O) groups is 1. The molecule has 0 unspecified atom stereocenters. The normalized spacial score (nSPS) is 11.0. The number of methoxy groups -OCH3 is 1. The largest absolute Gasteiger partial charge is 0.497 e. The number of aryl methyl sites for hydroxylation is 1. The molecule has 30 heavy (non-hydrogen) atoms. The number of amides is 1. The molecule has 1 heterocycles. The second-order valence-corrected chi connectivity index (χ2v) is 7.36. The second kappa shape index (κ2) is 9.69. The number of aromatic nitrogens is 1. The van der Waals surface area contributed by atoms with E-state index in [2.05, 4.69) is 10.5 Å². The van der Waals surface area contributed by atoms with E-state index < -0.39 is 0 Å². The van der Waals surface area contributed by atoms with Crippen LogP contribution < -0.4 is 14.9 Å². The lowest BCUT2D eigenvalue weighted by atomic mass is 10.2. The van der Waals surface area contributed by atoms with E-state index in [9.17, 15) is 4.79 Å². The fourth-order valence-corrected chi connectivity index (χ4v) is 3.47. The first-order valence-electron chi connectivity index (χ1n) is 9.12. The van der Waals surface area contributed by atoms with Gasteiger partial charge in [-0.2, -0.15) is 5.10 Å². The van der Waals surface area contributed by atoms with Crippen LogP contribution in [0.5, 0.6) is 11.5 Å². The zero-order valence-corrected chi connectivity index (χ0v) is 18.3. The summed E-state index contributed by atoms with van der Waals surface area (Å²) >= 11 is 12.3. The summed E-state index contributed by atoms with van der Waals surface area (Å²) in [7, 11) is 1.59. The number of hydrazone groups is 1. The lowest BCUT2D eigenvalue weighted by molar-refractivity contribution is -0.123. The molecule has 156 valence electrons. The van der Waals surface area contributed by atoms with Crippen LogP contribution in [0.25, 0.3) is 5.69 Å². The molecule has 0 spiro atoms. The predicted octanol–water partition coefficient (Wildman–Crippen LogP) is 4.94. The maximum atomic E-state index is 12.0.